The number of aromatic amines is 1. The maximum Gasteiger partial charge on any atom is 0.260 e. The summed E-state index contributed by atoms with van der Waals surface area (Å²) in [6.45, 7) is 9.46. The number of H-pyrrole nitrogens is 1. The molecule has 6 heteroatoms. The van der Waals surface area contributed by atoms with Crippen LogP contribution in [-0.2, 0) is 0 Å². The average Bonchev–Trinajstić information content (AvgIpc) is 2.76. The van der Waals surface area contributed by atoms with Gasteiger partial charge in [-0.3, -0.25) is 4.79 Å². The Bertz CT molecular complexity index is 601. The molecule has 0 spiro atoms. The molecule has 2 aromatic rings. The number of nitrogens with zero attached hydrogens (tertiary/aromatic N) is 2. The zero-order valence-corrected chi connectivity index (χ0v) is 13.2. The van der Waals surface area contributed by atoms with Crippen molar-refractivity contribution in [2.75, 3.05) is 25.4 Å². The summed E-state index contributed by atoms with van der Waals surface area (Å²) in [6, 6.07) is 1.90. The second-order valence-electron chi connectivity index (χ2n) is 4.32. The Morgan fingerprint density at radius 1 is 1.42 bits per heavy atom. The van der Waals surface area contributed by atoms with Crippen LogP contribution in [0.3, 0.4) is 0 Å². The van der Waals surface area contributed by atoms with Crippen LogP contribution >= 0.6 is 23.1 Å². The molecule has 0 saturated carbocycles. The number of rotatable bonds is 6. The van der Waals surface area contributed by atoms with Crippen LogP contribution in [0.15, 0.2) is 16.0 Å². The highest BCUT2D eigenvalue weighted by atomic mass is 32.2. The third-order valence-electron chi connectivity index (χ3n) is 3.04. The smallest absolute Gasteiger partial charge is 0.260 e. The lowest BCUT2D eigenvalue weighted by atomic mass is 10.4. The van der Waals surface area contributed by atoms with Crippen molar-refractivity contribution in [1.29, 1.82) is 0 Å². The average molecular weight is 297 g/mol. The topological polar surface area (TPSA) is 49.0 Å². The van der Waals surface area contributed by atoms with Crippen molar-refractivity contribution in [3.8, 4) is 0 Å². The van der Waals surface area contributed by atoms with Crippen molar-refractivity contribution in [3.05, 3.63) is 21.3 Å². The minimum atomic E-state index is -0.0281. The van der Waals surface area contributed by atoms with Crippen molar-refractivity contribution < 1.29 is 0 Å². The lowest BCUT2D eigenvalue weighted by molar-refractivity contribution is 0.324. The van der Waals surface area contributed by atoms with Gasteiger partial charge in [-0.1, -0.05) is 25.6 Å². The van der Waals surface area contributed by atoms with Crippen LogP contribution in [0.2, 0.25) is 0 Å². The monoisotopic (exact) mass is 297 g/mol. The summed E-state index contributed by atoms with van der Waals surface area (Å²) in [7, 11) is 0. The maximum atomic E-state index is 11.9. The van der Waals surface area contributed by atoms with E-state index in [0.29, 0.717) is 5.39 Å². The molecule has 2 heterocycles. The molecule has 0 bridgehead atoms. The Balaban J connectivity index is 2.07. The van der Waals surface area contributed by atoms with E-state index in [4.69, 9.17) is 0 Å². The first-order valence-corrected chi connectivity index (χ1v) is 8.29. The predicted molar refractivity (Wildman–Crippen MR) is 83.5 cm³/mol. The maximum absolute atomic E-state index is 11.9. The van der Waals surface area contributed by atoms with Gasteiger partial charge in [-0.05, 0) is 26.1 Å². The normalized spacial score (nSPS) is 11.6. The Labute approximate surface area is 121 Å². The Kier molecular flexibility index (Phi) is 5.01. The third-order valence-corrected chi connectivity index (χ3v) is 4.84. The van der Waals surface area contributed by atoms with Crippen molar-refractivity contribution >= 4 is 33.3 Å². The second-order valence-corrected chi connectivity index (χ2v) is 6.64. The van der Waals surface area contributed by atoms with Crippen molar-refractivity contribution in [1.82, 2.24) is 14.9 Å². The number of fused-ring (bicyclic) bond motifs is 1. The fourth-order valence-corrected chi connectivity index (χ4v) is 3.71. The molecule has 0 aliphatic heterocycles. The van der Waals surface area contributed by atoms with Crippen LogP contribution in [0.25, 0.3) is 10.2 Å². The number of nitrogens with one attached hydrogen (secondary N) is 1. The summed E-state index contributed by atoms with van der Waals surface area (Å²) in [5.41, 5.74) is -0.0281. The van der Waals surface area contributed by atoms with Crippen molar-refractivity contribution in [2.24, 2.45) is 0 Å². The molecule has 0 aromatic carbocycles. The van der Waals surface area contributed by atoms with Crippen LogP contribution in [0.4, 0.5) is 0 Å². The second kappa shape index (κ2) is 6.54. The lowest BCUT2D eigenvalue weighted by Crippen LogP contribution is -2.25. The van der Waals surface area contributed by atoms with Gasteiger partial charge in [0.1, 0.15) is 4.83 Å². The van der Waals surface area contributed by atoms with Crippen LogP contribution in [0, 0.1) is 6.92 Å². The zero-order valence-electron chi connectivity index (χ0n) is 11.5. The lowest BCUT2D eigenvalue weighted by Gasteiger charge is -2.16. The molecule has 0 saturated heterocycles. The van der Waals surface area contributed by atoms with Gasteiger partial charge in [0.15, 0.2) is 5.16 Å². The van der Waals surface area contributed by atoms with E-state index < -0.39 is 0 Å². The van der Waals surface area contributed by atoms with E-state index in [-0.39, 0.29) is 5.56 Å². The number of aromatic nitrogens is 2. The molecule has 4 nitrogen and oxygen atoms in total. The summed E-state index contributed by atoms with van der Waals surface area (Å²) in [4.78, 5) is 23.6. The van der Waals surface area contributed by atoms with Gasteiger partial charge in [0, 0.05) is 17.2 Å². The standard InChI is InChI=1S/C13H19N3OS2/c1-4-16(5-2)6-7-18-13-14-11(17)10-8-9(3)19-12(10)15-13/h8H,4-7H2,1-3H3,(H,14,15,17). The quantitative estimate of drug-likeness (QED) is 0.658. The largest absolute Gasteiger partial charge is 0.303 e. The molecule has 0 fully saturated rings. The van der Waals surface area contributed by atoms with E-state index in [1.54, 1.807) is 23.1 Å². The molecule has 0 atom stereocenters. The molecule has 2 rings (SSSR count). The van der Waals surface area contributed by atoms with Gasteiger partial charge in [-0.15, -0.1) is 11.3 Å². The highest BCUT2D eigenvalue weighted by molar-refractivity contribution is 7.99. The molecule has 2 aromatic heterocycles. The molecule has 19 heavy (non-hydrogen) atoms. The predicted octanol–water partition coefficient (Wildman–Crippen LogP) is 2.73. The van der Waals surface area contributed by atoms with Gasteiger partial charge in [0.05, 0.1) is 5.39 Å². The Morgan fingerprint density at radius 3 is 2.84 bits per heavy atom. The summed E-state index contributed by atoms with van der Waals surface area (Å²) < 4.78 is 0. The summed E-state index contributed by atoms with van der Waals surface area (Å²) >= 11 is 3.19. The van der Waals surface area contributed by atoms with Crippen LogP contribution in [0.1, 0.15) is 18.7 Å². The molecular weight excluding hydrogens is 278 g/mol. The fraction of sp³-hybridized carbons (Fsp3) is 0.538. The number of thioether (sulfide) groups is 1. The van der Waals surface area contributed by atoms with Gasteiger partial charge in [0.25, 0.3) is 5.56 Å². The molecule has 0 amide bonds. The van der Waals surface area contributed by atoms with E-state index in [2.05, 4.69) is 28.7 Å². The minimum absolute atomic E-state index is 0.0281. The van der Waals surface area contributed by atoms with E-state index in [1.807, 2.05) is 13.0 Å². The third kappa shape index (κ3) is 3.58. The SMILES string of the molecule is CCN(CC)CCSc1nc2sc(C)cc2c(=O)[nH]1. The van der Waals surface area contributed by atoms with Gasteiger partial charge in [0.2, 0.25) is 0 Å². The summed E-state index contributed by atoms with van der Waals surface area (Å²) in [6.07, 6.45) is 0. The summed E-state index contributed by atoms with van der Waals surface area (Å²) in [5, 5.41) is 1.43. The number of thiophene rings is 1. The highest BCUT2D eigenvalue weighted by Crippen LogP contribution is 2.22. The minimum Gasteiger partial charge on any atom is -0.303 e. The zero-order chi connectivity index (χ0) is 13.8. The Hall–Kier alpha value is -0.850. The van der Waals surface area contributed by atoms with Crippen molar-refractivity contribution in [3.63, 3.8) is 0 Å². The first kappa shape index (κ1) is 14.6. The molecule has 0 aliphatic rings. The number of hydrogen-bond acceptors (Lipinski definition) is 5. The first-order valence-electron chi connectivity index (χ1n) is 6.49. The highest BCUT2D eigenvalue weighted by Gasteiger charge is 2.07. The van der Waals surface area contributed by atoms with E-state index in [9.17, 15) is 4.79 Å². The van der Waals surface area contributed by atoms with Gasteiger partial charge >= 0.3 is 0 Å². The summed E-state index contributed by atoms with van der Waals surface area (Å²) in [5.74, 6) is 0.945. The van der Waals surface area contributed by atoms with Gasteiger partial charge in [-0.25, -0.2) is 4.98 Å². The molecular formula is C13H19N3OS2. The molecule has 0 radical (unpaired) electrons. The van der Waals surface area contributed by atoms with Crippen LogP contribution in [0.5, 0.6) is 0 Å². The fourth-order valence-electron chi connectivity index (χ4n) is 1.91. The Morgan fingerprint density at radius 2 is 2.16 bits per heavy atom. The van der Waals surface area contributed by atoms with Crippen LogP contribution in [-0.4, -0.2) is 40.3 Å². The first-order chi connectivity index (χ1) is 9.13. The van der Waals surface area contributed by atoms with Gasteiger partial charge < -0.3 is 9.88 Å². The molecule has 0 unspecified atom stereocenters. The van der Waals surface area contributed by atoms with E-state index >= 15 is 0 Å². The van der Waals surface area contributed by atoms with Crippen molar-refractivity contribution in [2.45, 2.75) is 25.9 Å². The van der Waals surface area contributed by atoms with Gasteiger partial charge in [-0.2, -0.15) is 0 Å². The molecule has 0 aliphatic carbocycles. The van der Waals surface area contributed by atoms with E-state index in [1.165, 1.54) is 0 Å². The van der Waals surface area contributed by atoms with Crippen LogP contribution < -0.4 is 5.56 Å². The van der Waals surface area contributed by atoms with E-state index in [0.717, 1.165) is 40.3 Å². The molecule has 104 valence electrons. The molecule has 1 N–H and O–H groups in total. The number of hydrogen-bond donors (Lipinski definition) is 1. The number of aryl methyl sites for hydroxylation is 1.